The Labute approximate surface area is 155 Å². The SMILES string of the molecule is CC(C)(C)C(=O)Nc1cccc(NC(=O)CNCCc2ccccc2)c1. The van der Waals surface area contributed by atoms with Gasteiger partial charge in [-0.3, -0.25) is 9.59 Å². The van der Waals surface area contributed by atoms with Gasteiger partial charge in [-0.05, 0) is 36.7 Å². The van der Waals surface area contributed by atoms with E-state index < -0.39 is 5.41 Å². The monoisotopic (exact) mass is 353 g/mol. The van der Waals surface area contributed by atoms with Crippen LogP contribution in [0.5, 0.6) is 0 Å². The number of rotatable bonds is 7. The van der Waals surface area contributed by atoms with Crippen molar-refractivity contribution >= 4 is 23.2 Å². The first-order valence-electron chi connectivity index (χ1n) is 8.80. The molecule has 0 radical (unpaired) electrons. The minimum absolute atomic E-state index is 0.0662. The third-order valence-corrected chi connectivity index (χ3v) is 3.80. The van der Waals surface area contributed by atoms with Crippen LogP contribution < -0.4 is 16.0 Å². The lowest BCUT2D eigenvalue weighted by atomic mass is 9.95. The zero-order valence-corrected chi connectivity index (χ0v) is 15.6. The maximum atomic E-state index is 12.1. The summed E-state index contributed by atoms with van der Waals surface area (Å²) in [5.41, 5.74) is 2.09. The van der Waals surface area contributed by atoms with Gasteiger partial charge in [-0.1, -0.05) is 57.2 Å². The highest BCUT2D eigenvalue weighted by molar-refractivity contribution is 5.96. The highest BCUT2D eigenvalue weighted by Gasteiger charge is 2.21. The van der Waals surface area contributed by atoms with E-state index in [0.29, 0.717) is 11.4 Å². The van der Waals surface area contributed by atoms with Gasteiger partial charge in [0.05, 0.1) is 6.54 Å². The number of carbonyl (C=O) groups excluding carboxylic acids is 2. The number of nitrogens with one attached hydrogen (secondary N) is 3. The van der Waals surface area contributed by atoms with Gasteiger partial charge in [0, 0.05) is 16.8 Å². The molecule has 0 spiro atoms. The lowest BCUT2D eigenvalue weighted by Crippen LogP contribution is -2.29. The molecule has 0 atom stereocenters. The van der Waals surface area contributed by atoms with Crippen LogP contribution in [0.25, 0.3) is 0 Å². The second-order valence-corrected chi connectivity index (χ2v) is 7.25. The van der Waals surface area contributed by atoms with Crippen LogP contribution in [0.15, 0.2) is 54.6 Å². The van der Waals surface area contributed by atoms with E-state index in [1.165, 1.54) is 5.56 Å². The van der Waals surface area contributed by atoms with Crippen molar-refractivity contribution in [2.75, 3.05) is 23.7 Å². The first kappa shape index (κ1) is 19.7. The molecule has 0 fully saturated rings. The summed E-state index contributed by atoms with van der Waals surface area (Å²) in [6, 6.07) is 17.3. The summed E-state index contributed by atoms with van der Waals surface area (Å²) in [5, 5.41) is 8.84. The molecule has 0 heterocycles. The molecule has 0 aliphatic heterocycles. The second kappa shape index (κ2) is 9.15. The molecule has 0 aliphatic rings. The number of carbonyl (C=O) groups is 2. The van der Waals surface area contributed by atoms with Crippen LogP contribution in [0, 0.1) is 5.41 Å². The molecule has 0 unspecified atom stereocenters. The summed E-state index contributed by atoms with van der Waals surface area (Å²) in [4.78, 5) is 24.1. The van der Waals surface area contributed by atoms with Crippen LogP contribution in [-0.2, 0) is 16.0 Å². The van der Waals surface area contributed by atoms with Gasteiger partial charge < -0.3 is 16.0 Å². The molecule has 0 bridgehead atoms. The molecule has 0 saturated carbocycles. The number of hydrogen-bond donors (Lipinski definition) is 3. The maximum absolute atomic E-state index is 12.1. The lowest BCUT2D eigenvalue weighted by Gasteiger charge is -2.18. The van der Waals surface area contributed by atoms with Crippen LogP contribution >= 0.6 is 0 Å². The van der Waals surface area contributed by atoms with E-state index >= 15 is 0 Å². The van der Waals surface area contributed by atoms with Crippen molar-refractivity contribution in [1.29, 1.82) is 0 Å². The molecule has 2 rings (SSSR count). The van der Waals surface area contributed by atoms with Gasteiger partial charge in [0.2, 0.25) is 11.8 Å². The van der Waals surface area contributed by atoms with Crippen molar-refractivity contribution in [3.05, 3.63) is 60.2 Å². The van der Waals surface area contributed by atoms with Gasteiger partial charge in [-0.25, -0.2) is 0 Å². The summed E-state index contributed by atoms with van der Waals surface area (Å²) in [7, 11) is 0. The van der Waals surface area contributed by atoms with E-state index in [9.17, 15) is 9.59 Å². The van der Waals surface area contributed by atoms with Gasteiger partial charge in [-0.15, -0.1) is 0 Å². The Morgan fingerprint density at radius 2 is 1.54 bits per heavy atom. The van der Waals surface area contributed by atoms with E-state index in [-0.39, 0.29) is 18.4 Å². The van der Waals surface area contributed by atoms with Gasteiger partial charge in [0.1, 0.15) is 0 Å². The summed E-state index contributed by atoms with van der Waals surface area (Å²) >= 11 is 0. The molecule has 3 N–H and O–H groups in total. The molecular formula is C21H27N3O2. The van der Waals surface area contributed by atoms with Crippen LogP contribution in [0.4, 0.5) is 11.4 Å². The Bertz CT molecular complexity index is 736. The van der Waals surface area contributed by atoms with E-state index in [4.69, 9.17) is 0 Å². The fourth-order valence-electron chi connectivity index (χ4n) is 2.28. The first-order chi connectivity index (χ1) is 12.3. The largest absolute Gasteiger partial charge is 0.326 e. The van der Waals surface area contributed by atoms with E-state index in [1.807, 2.05) is 39.0 Å². The minimum Gasteiger partial charge on any atom is -0.326 e. The quantitative estimate of drug-likeness (QED) is 0.668. The molecule has 0 aliphatic carbocycles. The van der Waals surface area contributed by atoms with E-state index in [1.54, 1.807) is 24.3 Å². The van der Waals surface area contributed by atoms with Crippen molar-refractivity contribution in [1.82, 2.24) is 5.32 Å². The molecule has 0 saturated heterocycles. The molecule has 2 amide bonds. The fraction of sp³-hybridized carbons (Fsp3) is 0.333. The average Bonchev–Trinajstić information content (AvgIpc) is 2.59. The summed E-state index contributed by atoms with van der Waals surface area (Å²) in [6.45, 7) is 6.55. The Balaban J connectivity index is 1.78. The number of anilines is 2. The molecule has 5 nitrogen and oxygen atoms in total. The van der Waals surface area contributed by atoms with Crippen LogP contribution in [0.1, 0.15) is 26.3 Å². The van der Waals surface area contributed by atoms with Gasteiger partial charge in [0.25, 0.3) is 0 Å². The summed E-state index contributed by atoms with van der Waals surface area (Å²) < 4.78 is 0. The van der Waals surface area contributed by atoms with Gasteiger partial charge >= 0.3 is 0 Å². The number of benzene rings is 2. The zero-order valence-electron chi connectivity index (χ0n) is 15.6. The molecule has 138 valence electrons. The van der Waals surface area contributed by atoms with Crippen LogP contribution in [0.2, 0.25) is 0 Å². The normalized spacial score (nSPS) is 11.0. The first-order valence-corrected chi connectivity index (χ1v) is 8.80. The predicted molar refractivity (Wildman–Crippen MR) is 106 cm³/mol. The third kappa shape index (κ3) is 6.69. The summed E-state index contributed by atoms with van der Waals surface area (Å²) in [6.07, 6.45) is 0.877. The standard InChI is InChI=1S/C21H27N3O2/c1-21(2,3)20(26)24-18-11-7-10-17(14-18)23-19(25)15-22-13-12-16-8-5-4-6-9-16/h4-11,14,22H,12-13,15H2,1-3H3,(H,23,25)(H,24,26). The highest BCUT2D eigenvalue weighted by Crippen LogP contribution is 2.19. The fourth-order valence-corrected chi connectivity index (χ4v) is 2.28. The van der Waals surface area contributed by atoms with Crippen molar-refractivity contribution in [3.63, 3.8) is 0 Å². The smallest absolute Gasteiger partial charge is 0.238 e. The minimum atomic E-state index is -0.470. The van der Waals surface area contributed by atoms with Crippen molar-refractivity contribution < 1.29 is 9.59 Å². The molecule has 0 aromatic heterocycles. The number of amides is 2. The maximum Gasteiger partial charge on any atom is 0.238 e. The Hall–Kier alpha value is -2.66. The van der Waals surface area contributed by atoms with E-state index in [0.717, 1.165) is 13.0 Å². The topological polar surface area (TPSA) is 70.2 Å². The molecule has 2 aromatic rings. The van der Waals surface area contributed by atoms with E-state index in [2.05, 4.69) is 28.1 Å². The Kier molecular flexibility index (Phi) is 6.92. The lowest BCUT2D eigenvalue weighted by molar-refractivity contribution is -0.123. The van der Waals surface area contributed by atoms with Crippen LogP contribution in [0.3, 0.4) is 0 Å². The second-order valence-electron chi connectivity index (χ2n) is 7.25. The molecule has 2 aromatic carbocycles. The zero-order chi connectivity index (χ0) is 19.0. The molecular weight excluding hydrogens is 326 g/mol. The highest BCUT2D eigenvalue weighted by atomic mass is 16.2. The van der Waals surface area contributed by atoms with Gasteiger partial charge in [0.15, 0.2) is 0 Å². The summed E-state index contributed by atoms with van der Waals surface area (Å²) in [5.74, 6) is -0.180. The van der Waals surface area contributed by atoms with Crippen molar-refractivity contribution in [2.24, 2.45) is 5.41 Å². The third-order valence-electron chi connectivity index (χ3n) is 3.80. The van der Waals surface area contributed by atoms with Gasteiger partial charge in [-0.2, -0.15) is 0 Å². The number of hydrogen-bond acceptors (Lipinski definition) is 3. The van der Waals surface area contributed by atoms with Crippen LogP contribution in [-0.4, -0.2) is 24.9 Å². The molecule has 5 heteroatoms. The Morgan fingerprint density at radius 1 is 0.885 bits per heavy atom. The average molecular weight is 353 g/mol. The Morgan fingerprint density at radius 3 is 2.19 bits per heavy atom. The van der Waals surface area contributed by atoms with Crippen molar-refractivity contribution in [2.45, 2.75) is 27.2 Å². The molecule has 26 heavy (non-hydrogen) atoms. The predicted octanol–water partition coefficient (Wildman–Crippen LogP) is 3.44. The van der Waals surface area contributed by atoms with Crippen molar-refractivity contribution in [3.8, 4) is 0 Å².